The fourth-order valence-electron chi connectivity index (χ4n) is 5.09. The summed E-state index contributed by atoms with van der Waals surface area (Å²) < 4.78 is 11.3. The van der Waals surface area contributed by atoms with Gasteiger partial charge in [-0.15, -0.1) is 0 Å². The molecule has 1 aromatic rings. The van der Waals surface area contributed by atoms with Crippen molar-refractivity contribution in [1.29, 1.82) is 0 Å². The van der Waals surface area contributed by atoms with Crippen LogP contribution in [0.5, 0.6) is 5.75 Å². The van der Waals surface area contributed by atoms with Gasteiger partial charge >= 0.3 is 0 Å². The van der Waals surface area contributed by atoms with Crippen LogP contribution in [-0.2, 0) is 9.53 Å². The average molecular weight is 344 g/mol. The molecule has 1 saturated heterocycles. The Balaban J connectivity index is 1.33. The number of methoxy groups -OCH3 is 1. The first-order valence-corrected chi connectivity index (χ1v) is 9.44. The van der Waals surface area contributed by atoms with Crippen molar-refractivity contribution in [3.8, 4) is 5.75 Å². The minimum Gasteiger partial charge on any atom is -0.495 e. The van der Waals surface area contributed by atoms with Gasteiger partial charge in [-0.3, -0.25) is 4.79 Å². The topological polar surface area (TPSA) is 59.6 Å². The maximum absolute atomic E-state index is 12.4. The zero-order valence-electron chi connectivity index (χ0n) is 15.1. The predicted molar refractivity (Wildman–Crippen MR) is 96.8 cm³/mol. The fraction of sp³-hybridized carbons (Fsp3) is 0.650. The molecule has 2 saturated carbocycles. The predicted octanol–water partition coefficient (Wildman–Crippen LogP) is 2.96. The first kappa shape index (κ1) is 16.9. The zero-order valence-corrected chi connectivity index (χ0v) is 15.1. The van der Waals surface area contributed by atoms with Crippen LogP contribution < -0.4 is 15.4 Å². The van der Waals surface area contributed by atoms with Gasteiger partial charge in [0.15, 0.2) is 0 Å². The minimum absolute atomic E-state index is 0.0192. The Morgan fingerprint density at radius 2 is 2.20 bits per heavy atom. The Kier molecular flexibility index (Phi) is 4.46. The van der Waals surface area contributed by atoms with E-state index < -0.39 is 0 Å². The van der Waals surface area contributed by atoms with Crippen molar-refractivity contribution in [2.45, 2.75) is 57.2 Å². The summed E-state index contributed by atoms with van der Waals surface area (Å²) >= 11 is 0. The Bertz CT molecular complexity index is 644. The molecule has 136 valence electrons. The second-order valence-electron chi connectivity index (χ2n) is 7.83. The van der Waals surface area contributed by atoms with Gasteiger partial charge in [-0.25, -0.2) is 0 Å². The van der Waals surface area contributed by atoms with Crippen molar-refractivity contribution >= 4 is 11.6 Å². The molecule has 0 unspecified atom stereocenters. The monoisotopic (exact) mass is 344 g/mol. The number of hydrogen-bond donors (Lipinski definition) is 2. The first-order chi connectivity index (χ1) is 12.1. The van der Waals surface area contributed by atoms with E-state index in [0.717, 1.165) is 18.7 Å². The summed E-state index contributed by atoms with van der Waals surface area (Å²) in [6.45, 7) is 3.01. The van der Waals surface area contributed by atoms with Crippen molar-refractivity contribution in [1.82, 2.24) is 5.32 Å². The van der Waals surface area contributed by atoms with E-state index >= 15 is 0 Å². The normalized spacial score (nSPS) is 30.1. The lowest BCUT2D eigenvalue weighted by Gasteiger charge is -2.64. The van der Waals surface area contributed by atoms with Crippen molar-refractivity contribution in [2.75, 3.05) is 19.0 Å². The van der Waals surface area contributed by atoms with E-state index in [9.17, 15) is 4.79 Å². The lowest BCUT2D eigenvalue weighted by atomic mass is 9.46. The number of fused-ring (bicyclic) bond motifs is 2. The molecule has 3 aliphatic rings. The molecular weight excluding hydrogens is 316 g/mol. The van der Waals surface area contributed by atoms with Crippen LogP contribution in [0.15, 0.2) is 24.3 Å². The van der Waals surface area contributed by atoms with Crippen LogP contribution in [0, 0.1) is 11.3 Å². The second-order valence-corrected chi connectivity index (χ2v) is 7.83. The Labute approximate surface area is 149 Å². The number of rotatable bonds is 6. The first-order valence-electron chi connectivity index (χ1n) is 9.44. The van der Waals surface area contributed by atoms with Crippen molar-refractivity contribution < 1.29 is 14.3 Å². The molecule has 1 spiro atoms. The maximum atomic E-state index is 12.4. The van der Waals surface area contributed by atoms with E-state index in [1.54, 1.807) is 7.11 Å². The number of para-hydroxylation sites is 2. The Hall–Kier alpha value is -1.59. The molecule has 5 heteroatoms. The number of benzene rings is 1. The van der Waals surface area contributed by atoms with Crippen LogP contribution in [0.2, 0.25) is 0 Å². The molecule has 25 heavy (non-hydrogen) atoms. The molecule has 0 radical (unpaired) electrons. The molecule has 1 amide bonds. The van der Waals surface area contributed by atoms with Crippen molar-refractivity contribution in [2.24, 2.45) is 11.3 Å². The smallest absolute Gasteiger partial charge is 0.226 e. The molecule has 5 nitrogen and oxygen atoms in total. The quantitative estimate of drug-likeness (QED) is 0.833. The molecule has 1 aromatic carbocycles. The van der Waals surface area contributed by atoms with Gasteiger partial charge in [-0.05, 0) is 38.3 Å². The van der Waals surface area contributed by atoms with Gasteiger partial charge in [-0.1, -0.05) is 18.6 Å². The van der Waals surface area contributed by atoms with Crippen LogP contribution in [-0.4, -0.2) is 37.8 Å². The lowest BCUT2D eigenvalue weighted by molar-refractivity contribution is -0.178. The van der Waals surface area contributed by atoms with Gasteiger partial charge in [-0.2, -0.15) is 0 Å². The molecule has 0 aromatic heterocycles. The lowest BCUT2D eigenvalue weighted by Crippen LogP contribution is -2.72. The number of hydrogen-bond acceptors (Lipinski definition) is 4. The molecule has 2 aliphatic carbocycles. The van der Waals surface area contributed by atoms with Crippen molar-refractivity contribution in [3.63, 3.8) is 0 Å². The molecular formula is C20H28N2O3. The molecule has 1 aliphatic heterocycles. The summed E-state index contributed by atoms with van der Waals surface area (Å²) in [4.78, 5) is 12.4. The van der Waals surface area contributed by atoms with Gasteiger partial charge in [0.05, 0.1) is 18.9 Å². The Morgan fingerprint density at radius 3 is 2.92 bits per heavy atom. The summed E-state index contributed by atoms with van der Waals surface area (Å²) in [5.41, 5.74) is 1.08. The highest BCUT2D eigenvalue weighted by atomic mass is 16.5. The van der Waals surface area contributed by atoms with Gasteiger partial charge < -0.3 is 20.1 Å². The molecule has 1 heterocycles. The standard InChI is InChI=1S/C20H28N2O3/c1-13(12-17(23)22-15-6-3-4-7-16(15)24-2)21-18-14-8-11-25-19(14)20(18)9-5-10-20/h3-4,6-7,13-14,18-19,21H,5,8-12H2,1-2H3,(H,22,23)/t13-,14-,18+,19+/m0/s1. The zero-order chi connectivity index (χ0) is 17.4. The van der Waals surface area contributed by atoms with E-state index in [0.29, 0.717) is 35.6 Å². The third-order valence-electron chi connectivity index (χ3n) is 6.37. The molecule has 2 N–H and O–H groups in total. The number of ether oxygens (including phenoxy) is 2. The van der Waals surface area contributed by atoms with Gasteiger partial charge in [0.25, 0.3) is 0 Å². The number of amides is 1. The highest BCUT2D eigenvalue weighted by Crippen LogP contribution is 2.62. The molecule has 3 fully saturated rings. The average Bonchev–Trinajstić information content (AvgIpc) is 2.97. The van der Waals surface area contributed by atoms with Crippen LogP contribution in [0.1, 0.15) is 39.0 Å². The molecule has 4 atom stereocenters. The van der Waals surface area contributed by atoms with Crippen LogP contribution >= 0.6 is 0 Å². The number of carbonyl (C=O) groups excluding carboxylic acids is 1. The van der Waals surface area contributed by atoms with Crippen LogP contribution in [0.3, 0.4) is 0 Å². The van der Waals surface area contributed by atoms with E-state index in [1.807, 2.05) is 24.3 Å². The van der Waals surface area contributed by atoms with Crippen LogP contribution in [0.4, 0.5) is 5.69 Å². The van der Waals surface area contributed by atoms with E-state index in [4.69, 9.17) is 9.47 Å². The molecule has 0 bridgehead atoms. The summed E-state index contributed by atoms with van der Waals surface area (Å²) in [5.74, 6) is 1.35. The van der Waals surface area contributed by atoms with Gasteiger partial charge in [0, 0.05) is 36.4 Å². The van der Waals surface area contributed by atoms with E-state index in [-0.39, 0.29) is 11.9 Å². The van der Waals surface area contributed by atoms with Crippen molar-refractivity contribution in [3.05, 3.63) is 24.3 Å². The maximum Gasteiger partial charge on any atom is 0.226 e. The largest absolute Gasteiger partial charge is 0.495 e. The highest BCUT2D eigenvalue weighted by Gasteiger charge is 2.66. The Morgan fingerprint density at radius 1 is 1.40 bits per heavy atom. The van der Waals surface area contributed by atoms with E-state index in [1.165, 1.54) is 19.3 Å². The number of anilines is 1. The number of nitrogens with one attached hydrogen (secondary N) is 2. The number of carbonyl (C=O) groups is 1. The third-order valence-corrected chi connectivity index (χ3v) is 6.37. The summed E-state index contributed by atoms with van der Waals surface area (Å²) in [5, 5.41) is 6.72. The second kappa shape index (κ2) is 6.61. The van der Waals surface area contributed by atoms with E-state index in [2.05, 4.69) is 17.6 Å². The SMILES string of the molecule is COc1ccccc1NC(=O)C[C@H](C)N[C@@H]1[C@@H]2CCO[C@H]2C12CCC2. The van der Waals surface area contributed by atoms with Gasteiger partial charge in [0.1, 0.15) is 5.75 Å². The minimum atomic E-state index is 0.0192. The summed E-state index contributed by atoms with van der Waals surface area (Å²) in [7, 11) is 1.61. The molecule has 4 rings (SSSR count). The third kappa shape index (κ3) is 2.83. The summed E-state index contributed by atoms with van der Waals surface area (Å²) in [6.07, 6.45) is 5.94. The summed E-state index contributed by atoms with van der Waals surface area (Å²) in [6, 6.07) is 8.18. The highest BCUT2D eigenvalue weighted by molar-refractivity contribution is 5.92. The van der Waals surface area contributed by atoms with Gasteiger partial charge in [0.2, 0.25) is 5.91 Å². The van der Waals surface area contributed by atoms with Crippen LogP contribution in [0.25, 0.3) is 0 Å². The fourth-order valence-corrected chi connectivity index (χ4v) is 5.09.